The first-order valence-electron chi connectivity index (χ1n) is 11.3. The molecule has 0 aliphatic rings. The van der Waals surface area contributed by atoms with E-state index >= 15 is 0 Å². The van der Waals surface area contributed by atoms with Gasteiger partial charge in [-0.25, -0.2) is 9.78 Å². The predicted molar refractivity (Wildman–Crippen MR) is 148 cm³/mol. The Kier molecular flexibility index (Phi) is 7.20. The van der Waals surface area contributed by atoms with Crippen LogP contribution in [0, 0.1) is 0 Å². The lowest BCUT2D eigenvalue weighted by Gasteiger charge is -2.10. The number of fused-ring (bicyclic) bond motifs is 2. The van der Waals surface area contributed by atoms with Crippen molar-refractivity contribution in [3.05, 3.63) is 91.6 Å². The van der Waals surface area contributed by atoms with Crippen molar-refractivity contribution in [3.63, 3.8) is 0 Å². The van der Waals surface area contributed by atoms with Gasteiger partial charge in [0, 0.05) is 19.9 Å². The molecule has 10 heteroatoms. The average molecular weight is 625 g/mol. The number of hydrogen-bond acceptors (Lipinski definition) is 7. The fraction of sp³-hybridized carbons (Fsp3) is 0.111. The summed E-state index contributed by atoms with van der Waals surface area (Å²) in [6, 6.07) is 19.7. The molecule has 37 heavy (non-hydrogen) atoms. The van der Waals surface area contributed by atoms with Gasteiger partial charge in [-0.05, 0) is 61.5 Å². The number of ether oxygens (including phenoxy) is 2. The molecule has 2 aromatic heterocycles. The monoisotopic (exact) mass is 623 g/mol. The summed E-state index contributed by atoms with van der Waals surface area (Å²) in [5.41, 5.74) is 1.36. The SMILES string of the molecule is CCOC(=O)COc1ccc(Br)cc1C=Nn1c(-c2cc3cc(Br)ccc3o2)nc2ccccc2c1=O. The summed E-state index contributed by atoms with van der Waals surface area (Å²) >= 11 is 6.91. The van der Waals surface area contributed by atoms with Gasteiger partial charge >= 0.3 is 5.97 Å². The van der Waals surface area contributed by atoms with E-state index in [1.54, 1.807) is 43.3 Å². The molecule has 0 N–H and O–H groups in total. The Morgan fingerprint density at radius 3 is 2.70 bits per heavy atom. The summed E-state index contributed by atoms with van der Waals surface area (Å²) in [7, 11) is 0. The minimum Gasteiger partial charge on any atom is -0.481 e. The highest BCUT2D eigenvalue weighted by atomic mass is 79.9. The van der Waals surface area contributed by atoms with Crippen LogP contribution in [0.2, 0.25) is 0 Å². The number of rotatable bonds is 7. The van der Waals surface area contributed by atoms with Gasteiger partial charge in [0.05, 0.1) is 23.7 Å². The van der Waals surface area contributed by atoms with E-state index in [9.17, 15) is 9.59 Å². The number of nitrogens with zero attached hydrogens (tertiary/aromatic N) is 3. The van der Waals surface area contributed by atoms with E-state index in [4.69, 9.17) is 18.9 Å². The van der Waals surface area contributed by atoms with E-state index < -0.39 is 5.97 Å². The lowest BCUT2D eigenvalue weighted by atomic mass is 10.2. The second kappa shape index (κ2) is 10.7. The Labute approximate surface area is 227 Å². The second-order valence-corrected chi connectivity index (χ2v) is 9.71. The molecule has 0 radical (unpaired) electrons. The van der Waals surface area contributed by atoms with Crippen molar-refractivity contribution in [2.24, 2.45) is 5.10 Å². The summed E-state index contributed by atoms with van der Waals surface area (Å²) in [5.74, 6) is 0.552. The number of halogens is 2. The van der Waals surface area contributed by atoms with E-state index in [0.717, 1.165) is 14.3 Å². The van der Waals surface area contributed by atoms with Crippen LogP contribution < -0.4 is 10.3 Å². The third kappa shape index (κ3) is 5.35. The number of esters is 1. The maximum Gasteiger partial charge on any atom is 0.344 e. The second-order valence-electron chi connectivity index (χ2n) is 7.88. The zero-order chi connectivity index (χ0) is 25.9. The van der Waals surface area contributed by atoms with Gasteiger partial charge < -0.3 is 13.9 Å². The van der Waals surface area contributed by atoms with Crippen LogP contribution in [0.4, 0.5) is 0 Å². The number of hydrogen-bond donors (Lipinski definition) is 0. The van der Waals surface area contributed by atoms with Crippen molar-refractivity contribution in [1.82, 2.24) is 9.66 Å². The van der Waals surface area contributed by atoms with Gasteiger partial charge in [-0.3, -0.25) is 4.79 Å². The average Bonchev–Trinajstić information content (AvgIpc) is 3.31. The van der Waals surface area contributed by atoms with Crippen LogP contribution in [0.15, 0.2) is 90.0 Å². The van der Waals surface area contributed by atoms with Crippen LogP contribution in [0.5, 0.6) is 5.75 Å². The highest BCUT2D eigenvalue weighted by Gasteiger charge is 2.17. The van der Waals surface area contributed by atoms with Gasteiger partial charge in [-0.1, -0.05) is 44.0 Å². The zero-order valence-corrected chi connectivity index (χ0v) is 22.7. The largest absolute Gasteiger partial charge is 0.481 e. The molecule has 0 unspecified atom stereocenters. The molecule has 8 nitrogen and oxygen atoms in total. The first-order valence-corrected chi connectivity index (χ1v) is 12.8. The van der Waals surface area contributed by atoms with E-state index in [1.165, 1.54) is 10.9 Å². The lowest BCUT2D eigenvalue weighted by molar-refractivity contribution is -0.145. The molecule has 0 aliphatic carbocycles. The summed E-state index contributed by atoms with van der Waals surface area (Å²) in [6.45, 7) is 1.73. The quantitative estimate of drug-likeness (QED) is 0.159. The third-order valence-corrected chi connectivity index (χ3v) is 6.37. The molecule has 0 saturated carbocycles. The number of furan rings is 1. The number of aromatic nitrogens is 2. The smallest absolute Gasteiger partial charge is 0.344 e. The lowest BCUT2D eigenvalue weighted by Crippen LogP contribution is -2.20. The topological polar surface area (TPSA) is 95.9 Å². The molecule has 186 valence electrons. The van der Waals surface area contributed by atoms with Gasteiger partial charge in [0.1, 0.15) is 11.3 Å². The summed E-state index contributed by atoms with van der Waals surface area (Å²) in [6.07, 6.45) is 1.48. The number of carbonyl (C=O) groups is 1. The number of para-hydroxylation sites is 1. The summed E-state index contributed by atoms with van der Waals surface area (Å²) < 4.78 is 19.5. The Morgan fingerprint density at radius 1 is 1.08 bits per heavy atom. The van der Waals surface area contributed by atoms with Crippen molar-refractivity contribution in [2.75, 3.05) is 13.2 Å². The minimum absolute atomic E-state index is 0.247. The molecule has 2 heterocycles. The van der Waals surface area contributed by atoms with Gasteiger partial charge in [0.25, 0.3) is 5.56 Å². The molecule has 0 fully saturated rings. The molecular formula is C27H19Br2N3O5. The number of benzene rings is 3. The van der Waals surface area contributed by atoms with Crippen molar-refractivity contribution in [3.8, 4) is 17.3 Å². The molecule has 5 rings (SSSR count). The summed E-state index contributed by atoms with van der Waals surface area (Å²) in [5, 5.41) is 5.75. The molecule has 5 aromatic rings. The van der Waals surface area contributed by atoms with Crippen LogP contribution in [0.3, 0.4) is 0 Å². The Morgan fingerprint density at radius 2 is 1.86 bits per heavy atom. The van der Waals surface area contributed by atoms with Crippen molar-refractivity contribution >= 4 is 65.9 Å². The summed E-state index contributed by atoms with van der Waals surface area (Å²) in [4.78, 5) is 30.0. The van der Waals surface area contributed by atoms with Crippen LogP contribution in [-0.4, -0.2) is 35.1 Å². The molecule has 0 aliphatic heterocycles. The van der Waals surface area contributed by atoms with E-state index in [0.29, 0.717) is 33.6 Å². The Balaban J connectivity index is 1.62. The fourth-order valence-electron chi connectivity index (χ4n) is 3.73. The maximum atomic E-state index is 13.5. The maximum absolute atomic E-state index is 13.5. The zero-order valence-electron chi connectivity index (χ0n) is 19.5. The molecule has 0 bridgehead atoms. The molecule has 0 amide bonds. The molecule has 0 spiro atoms. The normalized spacial score (nSPS) is 11.4. The minimum atomic E-state index is -0.484. The van der Waals surface area contributed by atoms with Crippen LogP contribution in [-0.2, 0) is 9.53 Å². The molecule has 0 saturated heterocycles. The highest BCUT2D eigenvalue weighted by Crippen LogP contribution is 2.29. The van der Waals surface area contributed by atoms with E-state index in [1.807, 2.05) is 30.3 Å². The van der Waals surface area contributed by atoms with Crippen LogP contribution >= 0.6 is 31.9 Å². The molecule has 3 aromatic carbocycles. The van der Waals surface area contributed by atoms with Crippen molar-refractivity contribution in [1.29, 1.82) is 0 Å². The predicted octanol–water partition coefficient (Wildman–Crippen LogP) is 6.16. The first-order chi connectivity index (χ1) is 17.9. The van der Waals surface area contributed by atoms with Crippen LogP contribution in [0.25, 0.3) is 33.5 Å². The van der Waals surface area contributed by atoms with Gasteiger partial charge in [-0.15, -0.1) is 0 Å². The van der Waals surface area contributed by atoms with Gasteiger partial charge in [0.2, 0.25) is 5.82 Å². The van der Waals surface area contributed by atoms with E-state index in [-0.39, 0.29) is 24.6 Å². The van der Waals surface area contributed by atoms with Crippen LogP contribution in [0.1, 0.15) is 12.5 Å². The fourth-order valence-corrected chi connectivity index (χ4v) is 4.48. The highest BCUT2D eigenvalue weighted by molar-refractivity contribution is 9.10. The standard InChI is InChI=1S/C27H19Br2N3O5/c1-2-35-25(33)15-36-22-9-7-19(29)12-17(22)14-30-32-26(31-21-6-4-3-5-20(21)27(32)34)24-13-16-11-18(28)8-10-23(16)37-24/h3-14H,2,15H2,1H3. The van der Waals surface area contributed by atoms with E-state index in [2.05, 4.69) is 37.0 Å². The van der Waals surface area contributed by atoms with Gasteiger partial charge in [0.15, 0.2) is 12.4 Å². The van der Waals surface area contributed by atoms with Gasteiger partial charge in [-0.2, -0.15) is 9.78 Å². The third-order valence-electron chi connectivity index (χ3n) is 5.39. The number of carbonyl (C=O) groups excluding carboxylic acids is 1. The van der Waals surface area contributed by atoms with Crippen molar-refractivity contribution < 1.29 is 18.7 Å². The molecule has 0 atom stereocenters. The Hall–Kier alpha value is -3.76. The molecular weight excluding hydrogens is 606 g/mol. The Bertz CT molecular complexity index is 1730. The first kappa shape index (κ1) is 24.9. The van der Waals surface area contributed by atoms with Crippen molar-refractivity contribution in [2.45, 2.75) is 6.92 Å².